The van der Waals surface area contributed by atoms with Crippen molar-refractivity contribution in [2.75, 3.05) is 0 Å². The van der Waals surface area contributed by atoms with Crippen LogP contribution >= 0.6 is 0 Å². The number of hydrogen-bond donors (Lipinski definition) is 0. The van der Waals surface area contributed by atoms with Crippen molar-refractivity contribution in [3.8, 4) is 34.4 Å². The van der Waals surface area contributed by atoms with Gasteiger partial charge in [0.2, 0.25) is 0 Å². The van der Waals surface area contributed by atoms with Gasteiger partial charge in [-0.25, -0.2) is 19.9 Å². The number of halogens is 3. The van der Waals surface area contributed by atoms with Crippen molar-refractivity contribution in [1.82, 2.24) is 48.6 Å². The number of rotatable bonds is 6. The number of benzene rings is 1. The van der Waals surface area contributed by atoms with Crippen molar-refractivity contribution in [3.63, 3.8) is 0 Å². The van der Waals surface area contributed by atoms with Crippen LogP contribution in [0.25, 0.3) is 45.6 Å². The third-order valence-corrected chi connectivity index (χ3v) is 6.51. The molecule has 0 aliphatic rings. The summed E-state index contributed by atoms with van der Waals surface area (Å²) in [5.74, 6) is 1.36. The summed E-state index contributed by atoms with van der Waals surface area (Å²) in [5.41, 5.74) is 3.12. The number of aromatic nitrogens is 10. The van der Waals surface area contributed by atoms with Crippen molar-refractivity contribution in [2.24, 2.45) is 14.1 Å². The fourth-order valence-corrected chi connectivity index (χ4v) is 4.54. The molecule has 6 aromatic rings. The molecule has 0 amide bonds. The summed E-state index contributed by atoms with van der Waals surface area (Å²) in [6.45, 7) is 4.04. The minimum absolute atomic E-state index is 0.190. The zero-order valence-electron chi connectivity index (χ0n) is 22.2. The number of aryl methyl sites for hydroxylation is 2. The van der Waals surface area contributed by atoms with E-state index in [0.29, 0.717) is 46.3 Å². The molecule has 0 unspecified atom stereocenters. The van der Waals surface area contributed by atoms with Crippen LogP contribution in [-0.2, 0) is 26.8 Å². The zero-order valence-corrected chi connectivity index (χ0v) is 22.2. The van der Waals surface area contributed by atoms with Gasteiger partial charge in [0.1, 0.15) is 22.7 Å². The monoisotopic (exact) mass is 546 g/mol. The fraction of sp³-hybridized carbons (Fsp3) is 0.259. The molecule has 0 aliphatic heterocycles. The Bertz CT molecular complexity index is 1820. The van der Waals surface area contributed by atoms with Crippen molar-refractivity contribution in [2.45, 2.75) is 32.6 Å². The van der Waals surface area contributed by atoms with Crippen molar-refractivity contribution >= 4 is 11.2 Å². The summed E-state index contributed by atoms with van der Waals surface area (Å²) < 4.78 is 47.0. The van der Waals surface area contributed by atoms with Gasteiger partial charge in [-0.2, -0.15) is 23.4 Å². The molecule has 0 bridgehead atoms. The molecule has 0 saturated heterocycles. The Labute approximate surface area is 226 Å². The second-order valence-corrected chi connectivity index (χ2v) is 9.82. The van der Waals surface area contributed by atoms with Gasteiger partial charge < -0.3 is 9.13 Å². The van der Waals surface area contributed by atoms with Gasteiger partial charge in [-0.3, -0.25) is 9.36 Å². The summed E-state index contributed by atoms with van der Waals surface area (Å²) in [6, 6.07) is 10.8. The quantitative estimate of drug-likeness (QED) is 0.287. The Morgan fingerprint density at radius 2 is 1.50 bits per heavy atom. The first-order valence-corrected chi connectivity index (χ1v) is 12.6. The van der Waals surface area contributed by atoms with Gasteiger partial charge in [0, 0.05) is 44.3 Å². The van der Waals surface area contributed by atoms with E-state index in [1.54, 1.807) is 27.7 Å². The lowest BCUT2D eigenvalue weighted by molar-refractivity contribution is -0.140. The summed E-state index contributed by atoms with van der Waals surface area (Å²) in [4.78, 5) is 17.9. The van der Waals surface area contributed by atoms with Crippen LogP contribution < -0.4 is 0 Å². The number of imidazole rings is 2. The molecule has 6 rings (SSSR count). The van der Waals surface area contributed by atoms with E-state index in [1.807, 2.05) is 69.2 Å². The van der Waals surface area contributed by atoms with E-state index in [-0.39, 0.29) is 11.9 Å². The second kappa shape index (κ2) is 9.43. The van der Waals surface area contributed by atoms with Crippen molar-refractivity contribution < 1.29 is 13.2 Å². The normalized spacial score (nSPS) is 12.2. The number of nitrogens with zero attached hydrogens (tertiary/aromatic N) is 10. The molecule has 40 heavy (non-hydrogen) atoms. The van der Waals surface area contributed by atoms with Crippen LogP contribution in [0.1, 0.15) is 31.1 Å². The van der Waals surface area contributed by atoms with Crippen LogP contribution in [0.3, 0.4) is 0 Å². The maximum atomic E-state index is 13.4. The first-order chi connectivity index (χ1) is 19.1. The largest absolute Gasteiger partial charge is 0.434 e. The highest BCUT2D eigenvalue weighted by Gasteiger charge is 2.35. The van der Waals surface area contributed by atoms with Crippen LogP contribution in [0.2, 0.25) is 0 Å². The molecular formula is C27H25F3N10. The van der Waals surface area contributed by atoms with Gasteiger partial charge in [0.25, 0.3) is 0 Å². The lowest BCUT2D eigenvalue weighted by Crippen LogP contribution is -2.05. The SMILES string of the molecule is CC(C)n1cc(C(F)(F)F)nc1-c1ccc(Cn2c(-c3ccn(C)n3)nc3cnc(-c4ccn(C)n4)nc32)cc1. The molecule has 10 nitrogen and oxygen atoms in total. The summed E-state index contributed by atoms with van der Waals surface area (Å²) >= 11 is 0. The molecule has 0 N–H and O–H groups in total. The zero-order chi connectivity index (χ0) is 28.2. The highest BCUT2D eigenvalue weighted by molar-refractivity contribution is 5.77. The third-order valence-electron chi connectivity index (χ3n) is 6.51. The smallest absolute Gasteiger partial charge is 0.328 e. The average Bonchev–Trinajstić information content (AvgIpc) is 3.70. The Morgan fingerprint density at radius 3 is 2.10 bits per heavy atom. The first kappa shape index (κ1) is 25.5. The Balaban J connectivity index is 1.41. The lowest BCUT2D eigenvalue weighted by Gasteiger charge is -2.12. The van der Waals surface area contributed by atoms with Gasteiger partial charge in [-0.1, -0.05) is 24.3 Å². The molecule has 0 fully saturated rings. The van der Waals surface area contributed by atoms with Crippen molar-refractivity contribution in [1.29, 1.82) is 0 Å². The maximum absolute atomic E-state index is 13.4. The highest BCUT2D eigenvalue weighted by atomic mass is 19.4. The van der Waals surface area contributed by atoms with E-state index in [2.05, 4.69) is 20.2 Å². The predicted molar refractivity (Wildman–Crippen MR) is 142 cm³/mol. The molecule has 0 saturated carbocycles. The van der Waals surface area contributed by atoms with Crippen LogP contribution in [0.4, 0.5) is 13.2 Å². The lowest BCUT2D eigenvalue weighted by atomic mass is 10.1. The molecule has 0 spiro atoms. The van der Waals surface area contributed by atoms with E-state index in [0.717, 1.165) is 11.8 Å². The van der Waals surface area contributed by atoms with E-state index in [9.17, 15) is 13.2 Å². The molecule has 0 radical (unpaired) electrons. The molecule has 5 heterocycles. The average molecular weight is 547 g/mol. The summed E-state index contributed by atoms with van der Waals surface area (Å²) in [6.07, 6.45) is 1.87. The summed E-state index contributed by atoms with van der Waals surface area (Å²) in [5, 5.41) is 8.94. The van der Waals surface area contributed by atoms with Crippen LogP contribution in [-0.4, -0.2) is 48.6 Å². The van der Waals surface area contributed by atoms with E-state index in [1.165, 1.54) is 4.57 Å². The van der Waals surface area contributed by atoms with Gasteiger partial charge in [-0.05, 0) is 31.5 Å². The molecule has 13 heteroatoms. The topological polar surface area (TPSA) is 97.1 Å². The third kappa shape index (κ3) is 4.63. The molecule has 5 aromatic heterocycles. The van der Waals surface area contributed by atoms with E-state index in [4.69, 9.17) is 9.97 Å². The van der Waals surface area contributed by atoms with Crippen LogP contribution in [0.15, 0.2) is 61.2 Å². The fourth-order valence-electron chi connectivity index (χ4n) is 4.54. The van der Waals surface area contributed by atoms with Crippen LogP contribution in [0.5, 0.6) is 0 Å². The molecule has 1 aromatic carbocycles. The van der Waals surface area contributed by atoms with Gasteiger partial charge in [0.05, 0.1) is 12.7 Å². The highest BCUT2D eigenvalue weighted by Crippen LogP contribution is 2.33. The van der Waals surface area contributed by atoms with E-state index < -0.39 is 11.9 Å². The van der Waals surface area contributed by atoms with Gasteiger partial charge >= 0.3 is 6.18 Å². The molecule has 0 atom stereocenters. The number of alkyl halides is 3. The minimum Gasteiger partial charge on any atom is -0.328 e. The standard InChI is InChI=1S/C27H25F3N10/c1-16(2)39-15-22(27(28,29)30)33-24(39)18-7-5-17(6-8-18)14-40-25(20-10-12-38(4)36-20)32-21-13-31-23(34-26(21)40)19-9-11-37(3)35-19/h5-13,15-16H,14H2,1-4H3. The van der Waals surface area contributed by atoms with Crippen LogP contribution in [0, 0.1) is 0 Å². The molecule has 0 aliphatic carbocycles. The van der Waals surface area contributed by atoms with Gasteiger partial charge in [0.15, 0.2) is 23.0 Å². The Hall–Kier alpha value is -4.81. The van der Waals surface area contributed by atoms with E-state index >= 15 is 0 Å². The predicted octanol–water partition coefficient (Wildman–Crippen LogP) is 5.14. The Kier molecular flexibility index (Phi) is 6.01. The van der Waals surface area contributed by atoms with Gasteiger partial charge in [-0.15, -0.1) is 0 Å². The number of hydrogen-bond acceptors (Lipinski definition) is 6. The minimum atomic E-state index is -4.52. The first-order valence-electron chi connectivity index (χ1n) is 12.6. The maximum Gasteiger partial charge on any atom is 0.434 e. The molecular weight excluding hydrogens is 521 g/mol. The Morgan fingerprint density at radius 1 is 0.825 bits per heavy atom. The second-order valence-electron chi connectivity index (χ2n) is 9.82. The van der Waals surface area contributed by atoms with Crippen molar-refractivity contribution in [3.05, 3.63) is 72.4 Å². The molecule has 204 valence electrons. The summed E-state index contributed by atoms with van der Waals surface area (Å²) in [7, 11) is 3.66. The number of fused-ring (bicyclic) bond motifs is 1.